The van der Waals surface area contributed by atoms with E-state index in [4.69, 9.17) is 4.74 Å². The molecule has 0 radical (unpaired) electrons. The van der Waals surface area contributed by atoms with Crippen LogP contribution in [0.15, 0.2) is 16.3 Å². The SMILES string of the molecule is CCOC(=O)N1CCC(NC(=O)c2sccc2S(=O)(=O)N2CCCCC2)CC1. The quantitative estimate of drug-likeness (QED) is 0.775. The number of likely N-dealkylation sites (tertiary alicyclic amines) is 1. The van der Waals surface area contributed by atoms with Gasteiger partial charge in [-0.2, -0.15) is 4.31 Å². The van der Waals surface area contributed by atoms with Crippen LogP contribution in [0.3, 0.4) is 0 Å². The Bertz CT molecular complexity index is 794. The lowest BCUT2D eigenvalue weighted by atomic mass is 10.1. The summed E-state index contributed by atoms with van der Waals surface area (Å²) in [6.45, 7) is 4.13. The molecule has 1 N–H and O–H groups in total. The normalized spacial score (nSPS) is 19.4. The molecule has 156 valence electrons. The Kier molecular flexibility index (Phi) is 6.95. The zero-order valence-corrected chi connectivity index (χ0v) is 17.7. The minimum atomic E-state index is -3.65. The van der Waals surface area contributed by atoms with E-state index in [9.17, 15) is 18.0 Å². The second-order valence-corrected chi connectivity index (χ2v) is 9.83. The van der Waals surface area contributed by atoms with Crippen LogP contribution in [0.4, 0.5) is 4.79 Å². The monoisotopic (exact) mass is 429 g/mol. The van der Waals surface area contributed by atoms with Gasteiger partial charge in [-0.1, -0.05) is 6.42 Å². The number of amides is 2. The lowest BCUT2D eigenvalue weighted by molar-refractivity contribution is 0.0860. The van der Waals surface area contributed by atoms with Gasteiger partial charge in [0.15, 0.2) is 0 Å². The van der Waals surface area contributed by atoms with E-state index in [1.54, 1.807) is 17.2 Å². The van der Waals surface area contributed by atoms with Crippen molar-refractivity contribution in [2.45, 2.75) is 50.0 Å². The van der Waals surface area contributed by atoms with Crippen molar-refractivity contribution in [2.24, 2.45) is 0 Å². The number of rotatable bonds is 5. The van der Waals surface area contributed by atoms with Gasteiger partial charge >= 0.3 is 6.09 Å². The van der Waals surface area contributed by atoms with Crippen molar-refractivity contribution in [1.29, 1.82) is 0 Å². The van der Waals surface area contributed by atoms with Crippen molar-refractivity contribution in [3.8, 4) is 0 Å². The minimum absolute atomic E-state index is 0.0918. The van der Waals surface area contributed by atoms with Crippen LogP contribution < -0.4 is 5.32 Å². The third kappa shape index (κ3) is 4.66. The van der Waals surface area contributed by atoms with Crippen LogP contribution in [0.1, 0.15) is 48.7 Å². The van der Waals surface area contributed by atoms with Crippen LogP contribution in [0.5, 0.6) is 0 Å². The maximum Gasteiger partial charge on any atom is 0.409 e. The highest BCUT2D eigenvalue weighted by Crippen LogP contribution is 2.27. The van der Waals surface area contributed by atoms with E-state index in [1.807, 2.05) is 0 Å². The standard InChI is InChI=1S/C18H27N3O5S2/c1-2-26-18(23)20-11-6-14(7-12-20)19-17(22)16-15(8-13-27-16)28(24,25)21-9-4-3-5-10-21/h8,13-14H,2-7,9-12H2,1H3,(H,19,22). The van der Waals surface area contributed by atoms with Gasteiger partial charge in [-0.25, -0.2) is 13.2 Å². The van der Waals surface area contributed by atoms with Crippen molar-refractivity contribution >= 4 is 33.4 Å². The predicted molar refractivity (Wildman–Crippen MR) is 106 cm³/mol. The molecule has 1 aromatic heterocycles. The highest BCUT2D eigenvalue weighted by Gasteiger charge is 2.32. The second kappa shape index (κ2) is 9.23. The van der Waals surface area contributed by atoms with Crippen molar-refractivity contribution in [2.75, 3.05) is 32.8 Å². The fourth-order valence-electron chi connectivity index (χ4n) is 3.58. The fourth-order valence-corrected chi connectivity index (χ4v) is 6.40. The van der Waals surface area contributed by atoms with Crippen LogP contribution in [0.2, 0.25) is 0 Å². The molecule has 2 aliphatic heterocycles. The summed E-state index contributed by atoms with van der Waals surface area (Å²) < 4.78 is 32.4. The topological polar surface area (TPSA) is 96.0 Å². The van der Waals surface area contributed by atoms with Crippen LogP contribution >= 0.6 is 11.3 Å². The molecule has 3 heterocycles. The molecular formula is C18H27N3O5S2. The second-order valence-electron chi connectivity index (χ2n) is 7.01. The molecule has 0 aliphatic carbocycles. The molecule has 0 atom stereocenters. The van der Waals surface area contributed by atoms with Crippen LogP contribution in [-0.2, 0) is 14.8 Å². The van der Waals surface area contributed by atoms with E-state index in [0.717, 1.165) is 30.6 Å². The largest absolute Gasteiger partial charge is 0.450 e. The molecule has 0 spiro atoms. The van der Waals surface area contributed by atoms with Crippen LogP contribution in [-0.4, -0.2) is 68.5 Å². The molecule has 3 rings (SSSR count). The van der Waals surface area contributed by atoms with Gasteiger partial charge in [-0.3, -0.25) is 4.79 Å². The molecule has 2 saturated heterocycles. The number of carbonyl (C=O) groups excluding carboxylic acids is 2. The smallest absolute Gasteiger partial charge is 0.409 e. The highest BCUT2D eigenvalue weighted by atomic mass is 32.2. The number of nitrogens with zero attached hydrogens (tertiary/aromatic N) is 2. The Morgan fingerprint density at radius 3 is 2.50 bits per heavy atom. The summed E-state index contributed by atoms with van der Waals surface area (Å²) in [6.07, 6.45) is 3.63. The number of piperidine rings is 2. The number of nitrogens with one attached hydrogen (secondary N) is 1. The van der Waals surface area contributed by atoms with E-state index in [1.165, 1.54) is 10.4 Å². The molecular weight excluding hydrogens is 402 g/mol. The molecule has 0 aromatic carbocycles. The number of ether oxygens (including phenoxy) is 1. The first-order chi connectivity index (χ1) is 13.4. The Morgan fingerprint density at radius 2 is 1.86 bits per heavy atom. The predicted octanol–water partition coefficient (Wildman–Crippen LogP) is 2.27. The van der Waals surface area contributed by atoms with Gasteiger partial charge in [0, 0.05) is 32.2 Å². The fraction of sp³-hybridized carbons (Fsp3) is 0.667. The van der Waals surface area contributed by atoms with E-state index in [0.29, 0.717) is 45.6 Å². The zero-order chi connectivity index (χ0) is 20.1. The van der Waals surface area contributed by atoms with E-state index < -0.39 is 10.0 Å². The first-order valence-electron chi connectivity index (χ1n) is 9.73. The molecule has 0 saturated carbocycles. The van der Waals surface area contributed by atoms with Crippen molar-refractivity contribution in [3.05, 3.63) is 16.3 Å². The summed E-state index contributed by atoms with van der Waals surface area (Å²) in [4.78, 5) is 26.5. The molecule has 2 amide bonds. The summed E-state index contributed by atoms with van der Waals surface area (Å²) in [7, 11) is -3.65. The lowest BCUT2D eigenvalue weighted by Crippen LogP contribution is -2.46. The number of hydrogen-bond donors (Lipinski definition) is 1. The van der Waals surface area contributed by atoms with Crippen molar-refractivity contribution in [1.82, 2.24) is 14.5 Å². The van der Waals surface area contributed by atoms with Gasteiger partial charge in [0.2, 0.25) is 10.0 Å². The number of thiophene rings is 1. The van der Waals surface area contributed by atoms with Crippen LogP contribution in [0.25, 0.3) is 0 Å². The number of sulfonamides is 1. The highest BCUT2D eigenvalue weighted by molar-refractivity contribution is 7.89. The molecule has 2 aliphatic rings. The number of carbonyl (C=O) groups is 2. The van der Waals surface area contributed by atoms with E-state index >= 15 is 0 Å². The van der Waals surface area contributed by atoms with Gasteiger partial charge in [0.1, 0.15) is 9.77 Å². The molecule has 0 unspecified atom stereocenters. The maximum atomic E-state index is 12.9. The molecule has 28 heavy (non-hydrogen) atoms. The average molecular weight is 430 g/mol. The number of hydrogen-bond acceptors (Lipinski definition) is 6. The molecule has 10 heteroatoms. The average Bonchev–Trinajstić information content (AvgIpc) is 3.20. The van der Waals surface area contributed by atoms with Gasteiger partial charge in [-0.05, 0) is 44.1 Å². The van der Waals surface area contributed by atoms with E-state index in [-0.39, 0.29) is 27.8 Å². The molecule has 0 bridgehead atoms. The Morgan fingerprint density at radius 1 is 1.18 bits per heavy atom. The van der Waals surface area contributed by atoms with Gasteiger partial charge in [-0.15, -0.1) is 11.3 Å². The summed E-state index contributed by atoms with van der Waals surface area (Å²) in [5, 5.41) is 4.59. The minimum Gasteiger partial charge on any atom is -0.450 e. The lowest BCUT2D eigenvalue weighted by Gasteiger charge is -2.31. The van der Waals surface area contributed by atoms with Gasteiger partial charge in [0.25, 0.3) is 5.91 Å². The molecule has 2 fully saturated rings. The van der Waals surface area contributed by atoms with Crippen molar-refractivity contribution < 1.29 is 22.7 Å². The Hall–Kier alpha value is -1.65. The van der Waals surface area contributed by atoms with Crippen LogP contribution in [0, 0.1) is 0 Å². The van der Waals surface area contributed by atoms with Crippen molar-refractivity contribution in [3.63, 3.8) is 0 Å². The Balaban J connectivity index is 1.62. The van der Waals surface area contributed by atoms with Gasteiger partial charge in [0.05, 0.1) is 6.61 Å². The zero-order valence-electron chi connectivity index (χ0n) is 16.1. The van der Waals surface area contributed by atoms with E-state index in [2.05, 4.69) is 5.32 Å². The summed E-state index contributed by atoms with van der Waals surface area (Å²) in [5.41, 5.74) is 0. The molecule has 8 nitrogen and oxygen atoms in total. The third-order valence-corrected chi connectivity index (χ3v) is 8.11. The first kappa shape index (κ1) is 21.1. The summed E-state index contributed by atoms with van der Waals surface area (Å²) in [5.74, 6) is -0.361. The first-order valence-corrected chi connectivity index (χ1v) is 12.1. The third-order valence-electron chi connectivity index (χ3n) is 5.12. The maximum absolute atomic E-state index is 12.9. The Labute approximate surface area is 169 Å². The summed E-state index contributed by atoms with van der Waals surface area (Å²) >= 11 is 1.15. The molecule has 1 aromatic rings. The van der Waals surface area contributed by atoms with Gasteiger partial charge < -0.3 is 15.0 Å². The summed E-state index contributed by atoms with van der Waals surface area (Å²) in [6, 6.07) is 1.43.